The van der Waals surface area contributed by atoms with Crippen molar-refractivity contribution >= 4 is 17.3 Å². The van der Waals surface area contributed by atoms with Crippen molar-refractivity contribution in [2.75, 3.05) is 7.11 Å². The minimum atomic E-state index is -1.00. The van der Waals surface area contributed by atoms with Gasteiger partial charge in [0.05, 0.1) is 13.7 Å². The second-order valence-corrected chi connectivity index (χ2v) is 4.37. The topological polar surface area (TPSA) is 81.4 Å². The lowest BCUT2D eigenvalue weighted by Gasteiger charge is -2.05. The lowest BCUT2D eigenvalue weighted by atomic mass is 10.2. The standard InChI is InChI=1S/C11H10N2O4S/c1-17-8-2-3-9(14)13(12-8)6-7-4-5-18-10(7)11(15)16/h2-5H,6H2,1H3,(H,15,16). The van der Waals surface area contributed by atoms with Gasteiger partial charge in [0.25, 0.3) is 5.56 Å². The zero-order valence-electron chi connectivity index (χ0n) is 9.49. The quantitative estimate of drug-likeness (QED) is 0.894. The molecule has 0 amide bonds. The first-order valence-electron chi connectivity index (χ1n) is 5.03. The van der Waals surface area contributed by atoms with E-state index < -0.39 is 5.97 Å². The summed E-state index contributed by atoms with van der Waals surface area (Å²) in [5.74, 6) is -0.697. The molecule has 2 aromatic rings. The van der Waals surface area contributed by atoms with Gasteiger partial charge in [-0.1, -0.05) is 0 Å². The highest BCUT2D eigenvalue weighted by molar-refractivity contribution is 7.12. The molecular weight excluding hydrogens is 256 g/mol. The molecule has 0 atom stereocenters. The molecule has 0 aliphatic heterocycles. The van der Waals surface area contributed by atoms with E-state index in [0.717, 1.165) is 11.3 Å². The van der Waals surface area contributed by atoms with Crippen LogP contribution >= 0.6 is 11.3 Å². The number of carboxylic acid groups (broad SMARTS) is 1. The maximum Gasteiger partial charge on any atom is 0.346 e. The van der Waals surface area contributed by atoms with Crippen LogP contribution in [0.1, 0.15) is 15.2 Å². The number of hydrogen-bond acceptors (Lipinski definition) is 5. The Balaban J connectivity index is 2.36. The van der Waals surface area contributed by atoms with Crippen LogP contribution in [0.15, 0.2) is 28.4 Å². The van der Waals surface area contributed by atoms with E-state index in [2.05, 4.69) is 5.10 Å². The van der Waals surface area contributed by atoms with Gasteiger partial charge in [-0.3, -0.25) is 4.79 Å². The minimum absolute atomic E-state index is 0.112. The fraction of sp³-hybridized carbons (Fsp3) is 0.182. The summed E-state index contributed by atoms with van der Waals surface area (Å²) in [4.78, 5) is 22.8. The predicted molar refractivity (Wildman–Crippen MR) is 65.4 cm³/mol. The van der Waals surface area contributed by atoms with E-state index in [-0.39, 0.29) is 17.0 Å². The fourth-order valence-electron chi connectivity index (χ4n) is 1.46. The Labute approximate surface area is 106 Å². The molecule has 0 unspecified atom stereocenters. The number of nitrogens with zero attached hydrogens (tertiary/aromatic N) is 2. The molecule has 0 bridgehead atoms. The highest BCUT2D eigenvalue weighted by Gasteiger charge is 2.13. The van der Waals surface area contributed by atoms with Crippen LogP contribution in [0.3, 0.4) is 0 Å². The Morgan fingerprint density at radius 3 is 2.94 bits per heavy atom. The molecule has 94 valence electrons. The molecule has 2 rings (SSSR count). The average Bonchev–Trinajstić information content (AvgIpc) is 2.80. The lowest BCUT2D eigenvalue weighted by Crippen LogP contribution is -2.23. The van der Waals surface area contributed by atoms with Gasteiger partial charge in [-0.2, -0.15) is 0 Å². The van der Waals surface area contributed by atoms with E-state index in [1.54, 1.807) is 11.4 Å². The average molecular weight is 266 g/mol. The van der Waals surface area contributed by atoms with Crippen LogP contribution in [-0.4, -0.2) is 28.0 Å². The van der Waals surface area contributed by atoms with Gasteiger partial charge in [0.15, 0.2) is 0 Å². The van der Waals surface area contributed by atoms with E-state index in [9.17, 15) is 9.59 Å². The van der Waals surface area contributed by atoms with Crippen molar-refractivity contribution in [2.45, 2.75) is 6.54 Å². The van der Waals surface area contributed by atoms with Gasteiger partial charge in [-0.05, 0) is 17.0 Å². The van der Waals surface area contributed by atoms with Crippen molar-refractivity contribution in [1.82, 2.24) is 9.78 Å². The second kappa shape index (κ2) is 5.01. The predicted octanol–water partition coefficient (Wildman–Crippen LogP) is 1.06. The van der Waals surface area contributed by atoms with Crippen LogP contribution in [0.5, 0.6) is 5.88 Å². The van der Waals surface area contributed by atoms with E-state index in [4.69, 9.17) is 9.84 Å². The summed E-state index contributed by atoms with van der Waals surface area (Å²) in [5, 5.41) is 14.6. The molecule has 18 heavy (non-hydrogen) atoms. The maximum absolute atomic E-state index is 11.6. The normalized spacial score (nSPS) is 10.3. The summed E-state index contributed by atoms with van der Waals surface area (Å²) in [5.41, 5.74) is 0.244. The molecule has 7 heteroatoms. The number of methoxy groups -OCH3 is 1. The molecule has 0 saturated heterocycles. The summed E-state index contributed by atoms with van der Waals surface area (Å²) < 4.78 is 6.10. The number of aromatic nitrogens is 2. The number of hydrogen-bond donors (Lipinski definition) is 1. The fourth-order valence-corrected chi connectivity index (χ4v) is 2.21. The van der Waals surface area contributed by atoms with E-state index >= 15 is 0 Å². The molecule has 0 fully saturated rings. The lowest BCUT2D eigenvalue weighted by molar-refractivity contribution is 0.0701. The third kappa shape index (κ3) is 2.40. The van der Waals surface area contributed by atoms with E-state index in [0.29, 0.717) is 11.4 Å². The van der Waals surface area contributed by atoms with Crippen LogP contribution < -0.4 is 10.3 Å². The zero-order chi connectivity index (χ0) is 13.1. The number of carboxylic acids is 1. The maximum atomic E-state index is 11.6. The molecule has 0 aliphatic carbocycles. The van der Waals surface area contributed by atoms with Gasteiger partial charge < -0.3 is 9.84 Å². The first kappa shape index (κ1) is 12.3. The molecule has 0 aliphatic rings. The van der Waals surface area contributed by atoms with Gasteiger partial charge in [0.2, 0.25) is 5.88 Å². The third-order valence-corrected chi connectivity index (χ3v) is 3.26. The van der Waals surface area contributed by atoms with Crippen molar-refractivity contribution in [3.8, 4) is 5.88 Å². The number of carbonyl (C=O) groups is 1. The van der Waals surface area contributed by atoms with E-state index in [1.165, 1.54) is 23.9 Å². The van der Waals surface area contributed by atoms with Gasteiger partial charge >= 0.3 is 5.97 Å². The minimum Gasteiger partial charge on any atom is -0.480 e. The molecule has 6 nitrogen and oxygen atoms in total. The summed E-state index contributed by atoms with van der Waals surface area (Å²) in [6.45, 7) is 0.112. The number of ether oxygens (including phenoxy) is 1. The van der Waals surface area contributed by atoms with Crippen LogP contribution in [0, 0.1) is 0 Å². The number of rotatable bonds is 4. The Morgan fingerprint density at radius 2 is 2.28 bits per heavy atom. The Bertz CT molecular complexity index is 632. The molecule has 0 saturated carbocycles. The highest BCUT2D eigenvalue weighted by Crippen LogP contribution is 2.17. The molecule has 0 spiro atoms. The number of aromatic carboxylic acids is 1. The molecule has 2 heterocycles. The highest BCUT2D eigenvalue weighted by atomic mass is 32.1. The Kier molecular flexibility index (Phi) is 3.42. The molecule has 0 aromatic carbocycles. The summed E-state index contributed by atoms with van der Waals surface area (Å²) in [6, 6.07) is 4.46. The van der Waals surface area contributed by atoms with Crippen molar-refractivity contribution in [1.29, 1.82) is 0 Å². The summed E-state index contributed by atoms with van der Waals surface area (Å²) in [6.07, 6.45) is 0. The second-order valence-electron chi connectivity index (χ2n) is 3.45. The van der Waals surface area contributed by atoms with Gasteiger partial charge in [-0.25, -0.2) is 9.48 Å². The third-order valence-electron chi connectivity index (χ3n) is 2.31. The molecular formula is C11H10N2O4S. The Morgan fingerprint density at radius 1 is 1.50 bits per heavy atom. The van der Waals surface area contributed by atoms with Crippen molar-refractivity contribution in [3.63, 3.8) is 0 Å². The first-order chi connectivity index (χ1) is 8.61. The van der Waals surface area contributed by atoms with Gasteiger partial charge in [0, 0.05) is 12.1 Å². The van der Waals surface area contributed by atoms with Gasteiger partial charge in [-0.15, -0.1) is 16.4 Å². The largest absolute Gasteiger partial charge is 0.480 e. The molecule has 0 radical (unpaired) electrons. The van der Waals surface area contributed by atoms with Crippen LogP contribution in [0.4, 0.5) is 0 Å². The Hall–Kier alpha value is -2.15. The molecule has 2 aromatic heterocycles. The van der Waals surface area contributed by atoms with Crippen LogP contribution in [0.2, 0.25) is 0 Å². The van der Waals surface area contributed by atoms with Crippen molar-refractivity contribution in [2.24, 2.45) is 0 Å². The number of thiophene rings is 1. The summed E-state index contributed by atoms with van der Waals surface area (Å²) in [7, 11) is 1.45. The smallest absolute Gasteiger partial charge is 0.346 e. The van der Waals surface area contributed by atoms with Crippen LogP contribution in [0.25, 0.3) is 0 Å². The summed E-state index contributed by atoms with van der Waals surface area (Å²) >= 11 is 1.12. The SMILES string of the molecule is COc1ccc(=O)n(Cc2ccsc2C(=O)O)n1. The van der Waals surface area contributed by atoms with Crippen molar-refractivity contribution < 1.29 is 14.6 Å². The zero-order valence-corrected chi connectivity index (χ0v) is 10.3. The van der Waals surface area contributed by atoms with E-state index in [1.807, 2.05) is 0 Å². The van der Waals surface area contributed by atoms with Gasteiger partial charge in [0.1, 0.15) is 4.88 Å². The first-order valence-corrected chi connectivity index (χ1v) is 5.91. The van der Waals surface area contributed by atoms with Crippen LogP contribution in [-0.2, 0) is 6.54 Å². The molecule has 1 N–H and O–H groups in total. The van der Waals surface area contributed by atoms with Crippen molar-refractivity contribution in [3.05, 3.63) is 44.4 Å². The monoisotopic (exact) mass is 266 g/mol.